The van der Waals surface area contributed by atoms with Gasteiger partial charge < -0.3 is 0 Å². The van der Waals surface area contributed by atoms with Crippen LogP contribution in [0.25, 0.3) is 27.8 Å². The summed E-state index contributed by atoms with van der Waals surface area (Å²) in [5.74, 6) is -1.10. The molecule has 0 aromatic heterocycles. The number of aryl methyl sites for hydroxylation is 1. The molecule has 0 aliphatic heterocycles. The number of hydrogen-bond acceptors (Lipinski definition) is 0. The molecule has 3 heteroatoms. The predicted molar refractivity (Wildman–Crippen MR) is 150 cm³/mol. The van der Waals surface area contributed by atoms with Crippen molar-refractivity contribution in [2.45, 2.75) is 84.5 Å². The number of rotatable bonds is 11. The Hall–Kier alpha value is -2.81. The van der Waals surface area contributed by atoms with Crippen LogP contribution in [0.15, 0.2) is 60.7 Å². The lowest BCUT2D eigenvalue weighted by Crippen LogP contribution is -2.05. The van der Waals surface area contributed by atoms with Crippen molar-refractivity contribution in [1.29, 1.82) is 0 Å². The van der Waals surface area contributed by atoms with E-state index in [4.69, 9.17) is 0 Å². The third kappa shape index (κ3) is 6.74. The van der Waals surface area contributed by atoms with Crippen LogP contribution in [-0.4, -0.2) is 0 Å². The van der Waals surface area contributed by atoms with Gasteiger partial charge in [-0.25, -0.2) is 13.2 Å². The molecule has 0 heterocycles. The summed E-state index contributed by atoms with van der Waals surface area (Å²) in [5.41, 5.74) is 4.64. The first-order valence-corrected chi connectivity index (χ1v) is 14.1. The summed E-state index contributed by atoms with van der Waals surface area (Å²) < 4.78 is 44.2. The van der Waals surface area contributed by atoms with Crippen molar-refractivity contribution in [1.82, 2.24) is 0 Å². The second-order valence-electron chi connectivity index (χ2n) is 10.5. The quantitative estimate of drug-likeness (QED) is 0.228. The summed E-state index contributed by atoms with van der Waals surface area (Å²) >= 11 is 0. The van der Waals surface area contributed by atoms with Crippen molar-refractivity contribution in [2.24, 2.45) is 5.92 Å². The predicted octanol–water partition coefficient (Wildman–Crippen LogP) is 10.9. The minimum Gasteiger partial charge on any atom is -0.206 e. The van der Waals surface area contributed by atoms with E-state index in [-0.39, 0.29) is 11.4 Å². The normalized spacial score (nSPS) is 15.6. The molecule has 1 unspecified atom stereocenters. The van der Waals surface area contributed by atoms with Crippen molar-refractivity contribution in [3.05, 3.63) is 89.3 Å². The molecule has 0 N–H and O–H groups in total. The van der Waals surface area contributed by atoms with Gasteiger partial charge in [0.1, 0.15) is 5.82 Å². The molecule has 0 saturated heterocycles. The topological polar surface area (TPSA) is 0 Å². The Morgan fingerprint density at radius 1 is 0.703 bits per heavy atom. The fourth-order valence-corrected chi connectivity index (χ4v) is 5.50. The lowest BCUT2D eigenvalue weighted by Gasteiger charge is -2.22. The van der Waals surface area contributed by atoms with Crippen LogP contribution in [0.2, 0.25) is 0 Å². The molecule has 0 amide bonds. The standard InChI is InChI=1S/C34H39F3/c1-3-5-6-7-8-10-24-11-13-25(14-12-24)29-20-21-30(32(35)23-29)26-15-17-27(18-16-26)31-22-19-28(9-4-2)33(36)34(31)37/h13,15-24H,3-12,14H2,1-2H3. The third-order valence-corrected chi connectivity index (χ3v) is 7.76. The van der Waals surface area contributed by atoms with E-state index in [9.17, 15) is 8.78 Å². The van der Waals surface area contributed by atoms with Crippen molar-refractivity contribution in [2.75, 3.05) is 0 Å². The zero-order valence-electron chi connectivity index (χ0n) is 22.3. The average Bonchev–Trinajstić information content (AvgIpc) is 2.92. The van der Waals surface area contributed by atoms with Gasteiger partial charge in [0.2, 0.25) is 0 Å². The van der Waals surface area contributed by atoms with E-state index in [1.165, 1.54) is 50.5 Å². The molecule has 1 aliphatic carbocycles. The number of allylic oxidation sites excluding steroid dienone is 2. The van der Waals surface area contributed by atoms with E-state index in [0.29, 0.717) is 23.1 Å². The summed E-state index contributed by atoms with van der Waals surface area (Å²) in [4.78, 5) is 0. The van der Waals surface area contributed by atoms with E-state index >= 15 is 4.39 Å². The van der Waals surface area contributed by atoms with Crippen LogP contribution in [0.5, 0.6) is 0 Å². The molecule has 37 heavy (non-hydrogen) atoms. The van der Waals surface area contributed by atoms with Crippen LogP contribution in [0.3, 0.4) is 0 Å². The van der Waals surface area contributed by atoms with E-state index < -0.39 is 11.6 Å². The fraction of sp³-hybridized carbons (Fsp3) is 0.412. The van der Waals surface area contributed by atoms with Crippen LogP contribution >= 0.6 is 0 Å². The molecule has 0 fully saturated rings. The van der Waals surface area contributed by atoms with Crippen LogP contribution < -0.4 is 0 Å². The van der Waals surface area contributed by atoms with Gasteiger partial charge in [-0.2, -0.15) is 0 Å². The van der Waals surface area contributed by atoms with E-state index in [1.54, 1.807) is 42.5 Å². The lowest BCUT2D eigenvalue weighted by molar-refractivity contribution is 0.423. The molecular weight excluding hydrogens is 465 g/mol. The Labute approximate surface area is 220 Å². The average molecular weight is 505 g/mol. The van der Waals surface area contributed by atoms with Crippen molar-refractivity contribution in [3.8, 4) is 22.3 Å². The largest absolute Gasteiger partial charge is 0.206 e. The van der Waals surface area contributed by atoms with Gasteiger partial charge in [0.15, 0.2) is 11.6 Å². The summed E-state index contributed by atoms with van der Waals surface area (Å²) in [6.07, 6.45) is 14.8. The van der Waals surface area contributed by atoms with E-state index in [1.807, 2.05) is 19.1 Å². The number of halogens is 3. The van der Waals surface area contributed by atoms with Gasteiger partial charge in [0.25, 0.3) is 0 Å². The zero-order valence-corrected chi connectivity index (χ0v) is 22.3. The van der Waals surface area contributed by atoms with Gasteiger partial charge in [-0.15, -0.1) is 0 Å². The molecule has 0 radical (unpaired) electrons. The van der Waals surface area contributed by atoms with Gasteiger partial charge >= 0.3 is 0 Å². The monoisotopic (exact) mass is 504 g/mol. The molecule has 0 nitrogen and oxygen atoms in total. The smallest absolute Gasteiger partial charge is 0.166 e. The maximum atomic E-state index is 15.2. The van der Waals surface area contributed by atoms with E-state index in [0.717, 1.165) is 36.3 Å². The Balaban J connectivity index is 1.42. The second kappa shape index (κ2) is 13.1. The highest BCUT2D eigenvalue weighted by atomic mass is 19.2. The second-order valence-corrected chi connectivity index (χ2v) is 10.5. The van der Waals surface area contributed by atoms with Crippen LogP contribution in [0.1, 0.15) is 89.2 Å². The van der Waals surface area contributed by atoms with Gasteiger partial charge in [-0.1, -0.05) is 113 Å². The molecule has 0 saturated carbocycles. The van der Waals surface area contributed by atoms with Crippen LogP contribution in [0, 0.1) is 23.4 Å². The first-order chi connectivity index (χ1) is 18.0. The lowest BCUT2D eigenvalue weighted by atomic mass is 9.83. The molecule has 196 valence electrons. The molecule has 0 spiro atoms. The van der Waals surface area contributed by atoms with Gasteiger partial charge in [-0.05, 0) is 65.5 Å². The molecule has 3 aromatic carbocycles. The van der Waals surface area contributed by atoms with Crippen LogP contribution in [0.4, 0.5) is 13.2 Å². The Morgan fingerprint density at radius 2 is 1.38 bits per heavy atom. The molecule has 0 bridgehead atoms. The SMILES string of the molecule is CCCCCCCC1CC=C(c2ccc(-c3ccc(-c4ccc(CCC)c(F)c4F)cc3)c(F)c2)CC1. The zero-order chi connectivity index (χ0) is 26.2. The summed E-state index contributed by atoms with van der Waals surface area (Å²) in [7, 11) is 0. The third-order valence-electron chi connectivity index (χ3n) is 7.76. The molecule has 1 atom stereocenters. The molecule has 1 aliphatic rings. The van der Waals surface area contributed by atoms with Gasteiger partial charge in [0.05, 0.1) is 0 Å². The van der Waals surface area contributed by atoms with Gasteiger partial charge in [0, 0.05) is 11.1 Å². The highest BCUT2D eigenvalue weighted by Gasteiger charge is 2.17. The fourth-order valence-electron chi connectivity index (χ4n) is 5.50. The minimum atomic E-state index is -0.825. The molecule has 3 aromatic rings. The first kappa shape index (κ1) is 27.2. The van der Waals surface area contributed by atoms with Crippen LogP contribution in [-0.2, 0) is 6.42 Å². The maximum Gasteiger partial charge on any atom is 0.166 e. The highest BCUT2D eigenvalue weighted by molar-refractivity contribution is 5.74. The summed E-state index contributed by atoms with van der Waals surface area (Å²) in [5, 5.41) is 0. The number of unbranched alkanes of at least 4 members (excludes halogenated alkanes) is 4. The Morgan fingerprint density at radius 3 is 2.03 bits per heavy atom. The highest BCUT2D eigenvalue weighted by Crippen LogP contribution is 2.35. The molecular formula is C34H39F3. The molecule has 4 rings (SSSR count). The Kier molecular flexibility index (Phi) is 9.66. The summed E-state index contributed by atoms with van der Waals surface area (Å²) in [6, 6.07) is 15.8. The van der Waals surface area contributed by atoms with Crippen molar-refractivity contribution >= 4 is 5.57 Å². The van der Waals surface area contributed by atoms with Gasteiger partial charge in [-0.3, -0.25) is 0 Å². The summed E-state index contributed by atoms with van der Waals surface area (Å²) in [6.45, 7) is 4.19. The number of hydrogen-bond donors (Lipinski definition) is 0. The van der Waals surface area contributed by atoms with Crippen molar-refractivity contribution < 1.29 is 13.2 Å². The minimum absolute atomic E-state index is 0.225. The Bertz CT molecular complexity index is 1210. The van der Waals surface area contributed by atoms with E-state index in [2.05, 4.69) is 13.0 Å². The first-order valence-electron chi connectivity index (χ1n) is 14.1. The number of benzene rings is 3. The maximum absolute atomic E-state index is 15.2. The van der Waals surface area contributed by atoms with Crippen molar-refractivity contribution in [3.63, 3.8) is 0 Å².